The number of ether oxygens (including phenoxy) is 1. The lowest BCUT2D eigenvalue weighted by molar-refractivity contribution is -0.127. The molecule has 0 heterocycles. The summed E-state index contributed by atoms with van der Waals surface area (Å²) in [5.74, 6) is -0.993. The third-order valence-electron chi connectivity index (χ3n) is 2.71. The highest BCUT2D eigenvalue weighted by Gasteiger charge is 2.29. The second-order valence-electron chi connectivity index (χ2n) is 5.80. The van der Waals surface area contributed by atoms with Gasteiger partial charge in [-0.05, 0) is 52.0 Å². The molecule has 1 rings (SSSR count). The number of hydrogen-bond acceptors (Lipinski definition) is 3. The number of benzene rings is 1. The molecule has 0 aliphatic heterocycles. The number of rotatable bonds is 5. The van der Waals surface area contributed by atoms with Crippen LogP contribution in [0, 0.1) is 0 Å². The molecule has 2 amide bonds. The Hall–Kier alpha value is -1.40. The maximum atomic E-state index is 12.2. The molecule has 0 bridgehead atoms. The van der Waals surface area contributed by atoms with Gasteiger partial charge in [0.15, 0.2) is 0 Å². The standard InChI is InChI=1S/C15H21BrN2O3/c1-9(21-15(2,3)4)12(13(17)19)18-14(20)10-5-7-11(16)8-6-10/h5-9,12H,1-4H3,(H2,17,19)(H,18,20). The number of halogens is 1. The number of nitrogens with two attached hydrogens (primary N) is 1. The molecule has 0 saturated carbocycles. The Bertz CT molecular complexity index is 509. The largest absolute Gasteiger partial charge is 0.370 e. The van der Waals surface area contributed by atoms with Gasteiger partial charge in [-0.2, -0.15) is 0 Å². The van der Waals surface area contributed by atoms with Gasteiger partial charge in [0.05, 0.1) is 11.7 Å². The van der Waals surface area contributed by atoms with E-state index in [1.807, 2.05) is 20.8 Å². The van der Waals surface area contributed by atoms with E-state index in [1.165, 1.54) is 0 Å². The van der Waals surface area contributed by atoms with E-state index < -0.39 is 23.7 Å². The van der Waals surface area contributed by atoms with Crippen LogP contribution in [0.1, 0.15) is 38.1 Å². The quantitative estimate of drug-likeness (QED) is 0.848. The monoisotopic (exact) mass is 356 g/mol. The van der Waals surface area contributed by atoms with Crippen molar-refractivity contribution in [1.82, 2.24) is 5.32 Å². The van der Waals surface area contributed by atoms with E-state index >= 15 is 0 Å². The molecular formula is C15H21BrN2O3. The Balaban J connectivity index is 2.81. The molecule has 6 heteroatoms. The van der Waals surface area contributed by atoms with E-state index in [-0.39, 0.29) is 5.91 Å². The molecule has 0 fully saturated rings. The highest BCUT2D eigenvalue weighted by atomic mass is 79.9. The minimum atomic E-state index is -0.889. The molecule has 0 aliphatic rings. The molecular weight excluding hydrogens is 336 g/mol. The topological polar surface area (TPSA) is 81.4 Å². The first-order chi connectivity index (χ1) is 9.60. The van der Waals surface area contributed by atoms with Crippen molar-refractivity contribution < 1.29 is 14.3 Å². The number of primary amides is 1. The lowest BCUT2D eigenvalue weighted by atomic mass is 10.1. The lowest BCUT2D eigenvalue weighted by Gasteiger charge is -2.29. The minimum absolute atomic E-state index is 0.365. The predicted octanol–water partition coefficient (Wildman–Crippen LogP) is 2.24. The SMILES string of the molecule is CC(OC(C)(C)C)C(NC(=O)c1ccc(Br)cc1)C(N)=O. The Morgan fingerprint density at radius 2 is 1.76 bits per heavy atom. The van der Waals surface area contributed by atoms with Gasteiger partial charge < -0.3 is 15.8 Å². The third-order valence-corrected chi connectivity index (χ3v) is 3.24. The summed E-state index contributed by atoms with van der Waals surface area (Å²) in [6.07, 6.45) is -0.526. The van der Waals surface area contributed by atoms with E-state index in [4.69, 9.17) is 10.5 Å². The highest BCUT2D eigenvalue weighted by Crippen LogP contribution is 2.14. The normalized spacial score (nSPS) is 14.3. The van der Waals surface area contributed by atoms with Crippen LogP contribution in [0.2, 0.25) is 0 Å². The average Bonchev–Trinajstić information content (AvgIpc) is 2.33. The number of amides is 2. The summed E-state index contributed by atoms with van der Waals surface area (Å²) >= 11 is 3.30. The van der Waals surface area contributed by atoms with Gasteiger partial charge in [-0.25, -0.2) is 0 Å². The van der Waals surface area contributed by atoms with Crippen molar-refractivity contribution in [2.75, 3.05) is 0 Å². The van der Waals surface area contributed by atoms with Crippen LogP contribution in [-0.4, -0.2) is 29.6 Å². The summed E-state index contributed by atoms with van der Waals surface area (Å²) < 4.78 is 6.56. The fourth-order valence-electron chi connectivity index (χ4n) is 1.87. The van der Waals surface area contributed by atoms with E-state index in [1.54, 1.807) is 31.2 Å². The smallest absolute Gasteiger partial charge is 0.252 e. The summed E-state index contributed by atoms with van der Waals surface area (Å²) in [6.45, 7) is 7.33. The van der Waals surface area contributed by atoms with Gasteiger partial charge in [-0.15, -0.1) is 0 Å². The highest BCUT2D eigenvalue weighted by molar-refractivity contribution is 9.10. The van der Waals surface area contributed by atoms with Crippen molar-refractivity contribution >= 4 is 27.7 Å². The average molecular weight is 357 g/mol. The van der Waals surface area contributed by atoms with E-state index in [0.717, 1.165) is 4.47 Å². The molecule has 116 valence electrons. The van der Waals surface area contributed by atoms with Crippen LogP contribution in [-0.2, 0) is 9.53 Å². The molecule has 0 radical (unpaired) electrons. The van der Waals surface area contributed by atoms with Gasteiger partial charge in [-0.3, -0.25) is 9.59 Å². The summed E-state index contributed by atoms with van der Waals surface area (Å²) in [7, 11) is 0. The van der Waals surface area contributed by atoms with Crippen molar-refractivity contribution in [2.45, 2.75) is 45.4 Å². The Morgan fingerprint density at radius 1 is 1.24 bits per heavy atom. The number of nitrogens with one attached hydrogen (secondary N) is 1. The zero-order valence-corrected chi connectivity index (χ0v) is 14.2. The van der Waals surface area contributed by atoms with Crippen molar-refractivity contribution in [2.24, 2.45) is 5.73 Å². The van der Waals surface area contributed by atoms with Gasteiger partial charge in [0.25, 0.3) is 5.91 Å². The van der Waals surface area contributed by atoms with Crippen LogP contribution in [0.4, 0.5) is 0 Å². The molecule has 21 heavy (non-hydrogen) atoms. The first-order valence-corrected chi connectivity index (χ1v) is 7.43. The molecule has 1 aromatic rings. The molecule has 5 nitrogen and oxygen atoms in total. The van der Waals surface area contributed by atoms with Crippen LogP contribution >= 0.6 is 15.9 Å². The molecule has 0 spiro atoms. The molecule has 3 N–H and O–H groups in total. The third kappa shape index (κ3) is 5.85. The zero-order valence-electron chi connectivity index (χ0n) is 12.6. The summed E-state index contributed by atoms with van der Waals surface area (Å²) in [5, 5.41) is 2.62. The second-order valence-corrected chi connectivity index (χ2v) is 6.71. The van der Waals surface area contributed by atoms with Gasteiger partial charge in [-0.1, -0.05) is 15.9 Å². The molecule has 2 atom stereocenters. The van der Waals surface area contributed by atoms with E-state index in [9.17, 15) is 9.59 Å². The summed E-state index contributed by atoms with van der Waals surface area (Å²) in [4.78, 5) is 23.7. The molecule has 2 unspecified atom stereocenters. The van der Waals surface area contributed by atoms with Crippen molar-refractivity contribution in [1.29, 1.82) is 0 Å². The van der Waals surface area contributed by atoms with E-state index in [0.29, 0.717) is 5.56 Å². The number of hydrogen-bond donors (Lipinski definition) is 2. The van der Waals surface area contributed by atoms with Gasteiger partial charge >= 0.3 is 0 Å². The number of carbonyl (C=O) groups excluding carboxylic acids is 2. The minimum Gasteiger partial charge on any atom is -0.370 e. The Labute approximate surface area is 133 Å². The summed E-state index contributed by atoms with van der Waals surface area (Å²) in [5.41, 5.74) is 5.38. The van der Waals surface area contributed by atoms with Crippen LogP contribution in [0.3, 0.4) is 0 Å². The van der Waals surface area contributed by atoms with Crippen molar-refractivity contribution in [3.63, 3.8) is 0 Å². The van der Waals surface area contributed by atoms with Crippen molar-refractivity contribution in [3.8, 4) is 0 Å². The van der Waals surface area contributed by atoms with Gasteiger partial charge in [0.1, 0.15) is 6.04 Å². The Morgan fingerprint density at radius 3 is 2.19 bits per heavy atom. The lowest BCUT2D eigenvalue weighted by Crippen LogP contribution is -2.53. The Kier molecular flexibility index (Phi) is 5.92. The number of carbonyl (C=O) groups is 2. The van der Waals surface area contributed by atoms with Crippen LogP contribution in [0.5, 0.6) is 0 Å². The molecule has 1 aromatic carbocycles. The molecule has 0 aliphatic carbocycles. The van der Waals surface area contributed by atoms with Crippen LogP contribution in [0.25, 0.3) is 0 Å². The molecule has 0 saturated heterocycles. The first-order valence-electron chi connectivity index (χ1n) is 6.64. The first kappa shape index (κ1) is 17.7. The fourth-order valence-corrected chi connectivity index (χ4v) is 2.14. The maximum Gasteiger partial charge on any atom is 0.252 e. The van der Waals surface area contributed by atoms with Crippen LogP contribution in [0.15, 0.2) is 28.7 Å². The van der Waals surface area contributed by atoms with Crippen LogP contribution < -0.4 is 11.1 Å². The van der Waals surface area contributed by atoms with Gasteiger partial charge in [0.2, 0.25) is 5.91 Å². The maximum absolute atomic E-state index is 12.2. The van der Waals surface area contributed by atoms with E-state index in [2.05, 4.69) is 21.2 Å². The fraction of sp³-hybridized carbons (Fsp3) is 0.467. The predicted molar refractivity (Wildman–Crippen MR) is 84.9 cm³/mol. The van der Waals surface area contributed by atoms with Gasteiger partial charge in [0, 0.05) is 10.0 Å². The zero-order chi connectivity index (χ0) is 16.2. The molecule has 0 aromatic heterocycles. The second kappa shape index (κ2) is 7.04. The summed E-state index contributed by atoms with van der Waals surface area (Å²) in [6, 6.07) is 5.94. The van der Waals surface area contributed by atoms with Crippen molar-refractivity contribution in [3.05, 3.63) is 34.3 Å².